The van der Waals surface area contributed by atoms with Crippen LogP contribution in [0.4, 0.5) is 13.2 Å². The van der Waals surface area contributed by atoms with E-state index in [1.807, 2.05) is 30.3 Å². The minimum Gasteiger partial charge on any atom is -0.497 e. The molecule has 9 heteroatoms. The molecule has 1 N–H and O–H groups in total. The SMILES string of the molecule is COc1ccc(-c2cc3nc(CN(C)Cc4ccccc4C(F)(F)F)[nH]c(=O)c3s2)cc1. The fourth-order valence-corrected chi connectivity index (χ4v) is 4.50. The Labute approximate surface area is 186 Å². The summed E-state index contributed by atoms with van der Waals surface area (Å²) in [6.45, 7) is 0.267. The van der Waals surface area contributed by atoms with Gasteiger partial charge in [-0.15, -0.1) is 11.3 Å². The summed E-state index contributed by atoms with van der Waals surface area (Å²) in [6.07, 6.45) is -4.42. The summed E-state index contributed by atoms with van der Waals surface area (Å²) in [4.78, 5) is 22.5. The summed E-state index contributed by atoms with van der Waals surface area (Å²) in [7, 11) is 3.28. The van der Waals surface area contributed by atoms with Crippen molar-refractivity contribution in [3.8, 4) is 16.2 Å². The van der Waals surface area contributed by atoms with Crippen LogP contribution in [-0.4, -0.2) is 29.0 Å². The highest BCUT2D eigenvalue weighted by atomic mass is 32.1. The molecule has 4 rings (SSSR count). The number of fused-ring (bicyclic) bond motifs is 1. The zero-order chi connectivity index (χ0) is 22.9. The van der Waals surface area contributed by atoms with Gasteiger partial charge in [0.15, 0.2) is 0 Å². The van der Waals surface area contributed by atoms with E-state index in [-0.39, 0.29) is 24.2 Å². The standard InChI is InChI=1S/C23H20F3N3O2S/c1-29(12-15-5-3-4-6-17(15)23(24,25)26)13-20-27-18-11-19(32-21(18)22(30)28-20)14-7-9-16(31-2)10-8-14/h3-11H,12-13H2,1-2H3,(H,27,28,30). The Kier molecular flexibility index (Phi) is 6.03. The van der Waals surface area contributed by atoms with Crippen LogP contribution in [0.15, 0.2) is 59.4 Å². The quantitative estimate of drug-likeness (QED) is 0.425. The summed E-state index contributed by atoms with van der Waals surface area (Å²) >= 11 is 1.34. The minimum atomic E-state index is -4.42. The van der Waals surface area contributed by atoms with Gasteiger partial charge in [-0.05, 0) is 54.6 Å². The Morgan fingerprint density at radius 1 is 1.09 bits per heavy atom. The van der Waals surface area contributed by atoms with Crippen LogP contribution in [0.2, 0.25) is 0 Å². The average molecular weight is 459 g/mol. The molecule has 2 aromatic carbocycles. The molecule has 0 spiro atoms. The number of alkyl halides is 3. The Bertz CT molecular complexity index is 1300. The van der Waals surface area contributed by atoms with E-state index in [4.69, 9.17) is 4.74 Å². The monoisotopic (exact) mass is 459 g/mol. The van der Waals surface area contributed by atoms with E-state index in [9.17, 15) is 18.0 Å². The smallest absolute Gasteiger partial charge is 0.416 e. The maximum Gasteiger partial charge on any atom is 0.416 e. The van der Waals surface area contributed by atoms with Gasteiger partial charge in [0.2, 0.25) is 0 Å². The molecule has 0 unspecified atom stereocenters. The molecule has 0 radical (unpaired) electrons. The van der Waals surface area contributed by atoms with Crippen LogP contribution < -0.4 is 10.3 Å². The molecule has 5 nitrogen and oxygen atoms in total. The number of aromatic nitrogens is 2. The molecule has 2 aromatic heterocycles. The predicted molar refractivity (Wildman–Crippen MR) is 119 cm³/mol. The molecule has 2 heterocycles. The Morgan fingerprint density at radius 3 is 2.50 bits per heavy atom. The third-order valence-electron chi connectivity index (χ3n) is 4.99. The van der Waals surface area contributed by atoms with Crippen LogP contribution in [0.3, 0.4) is 0 Å². The summed E-state index contributed by atoms with van der Waals surface area (Å²) in [6, 6.07) is 14.8. The number of thiophene rings is 1. The number of hydrogen-bond acceptors (Lipinski definition) is 5. The Balaban J connectivity index is 1.57. The van der Waals surface area contributed by atoms with Crippen molar-refractivity contribution in [2.75, 3.05) is 14.2 Å². The van der Waals surface area contributed by atoms with Crippen molar-refractivity contribution >= 4 is 21.6 Å². The number of nitrogens with one attached hydrogen (secondary N) is 1. The van der Waals surface area contributed by atoms with Gasteiger partial charge < -0.3 is 9.72 Å². The van der Waals surface area contributed by atoms with Gasteiger partial charge in [0.1, 0.15) is 16.3 Å². The number of methoxy groups -OCH3 is 1. The van der Waals surface area contributed by atoms with Gasteiger partial charge in [-0.2, -0.15) is 13.2 Å². The first-order chi connectivity index (χ1) is 15.2. The summed E-state index contributed by atoms with van der Waals surface area (Å²) < 4.78 is 45.4. The highest BCUT2D eigenvalue weighted by Gasteiger charge is 2.33. The van der Waals surface area contributed by atoms with Gasteiger partial charge in [0.25, 0.3) is 5.56 Å². The van der Waals surface area contributed by atoms with Gasteiger partial charge in [-0.3, -0.25) is 9.69 Å². The van der Waals surface area contributed by atoms with Gasteiger partial charge >= 0.3 is 6.18 Å². The van der Waals surface area contributed by atoms with Crippen LogP contribution in [0.1, 0.15) is 17.0 Å². The molecule has 4 aromatic rings. The number of hydrogen-bond donors (Lipinski definition) is 1. The van der Waals surface area contributed by atoms with Gasteiger partial charge in [0, 0.05) is 11.4 Å². The molecular weight excluding hydrogens is 439 g/mol. The first kappa shape index (κ1) is 22.0. The lowest BCUT2D eigenvalue weighted by Crippen LogP contribution is -2.23. The Hall–Kier alpha value is -3.17. The fourth-order valence-electron chi connectivity index (χ4n) is 3.50. The highest BCUT2D eigenvalue weighted by Crippen LogP contribution is 2.33. The second-order valence-corrected chi connectivity index (χ2v) is 8.45. The second-order valence-electron chi connectivity index (χ2n) is 7.39. The lowest BCUT2D eigenvalue weighted by Gasteiger charge is -2.19. The number of halogens is 3. The molecule has 0 bridgehead atoms. The zero-order valence-electron chi connectivity index (χ0n) is 17.4. The first-order valence-corrected chi connectivity index (χ1v) is 10.6. The van der Waals surface area contributed by atoms with E-state index in [1.54, 1.807) is 25.1 Å². The number of rotatable bonds is 6. The van der Waals surface area contributed by atoms with Gasteiger partial charge in [0.05, 0.1) is 24.7 Å². The van der Waals surface area contributed by atoms with Crippen molar-refractivity contribution in [2.45, 2.75) is 19.3 Å². The van der Waals surface area contributed by atoms with Crippen LogP contribution in [0.5, 0.6) is 5.75 Å². The van der Waals surface area contributed by atoms with E-state index in [2.05, 4.69) is 9.97 Å². The summed E-state index contributed by atoms with van der Waals surface area (Å²) in [5.74, 6) is 1.14. The second kappa shape index (κ2) is 8.76. The summed E-state index contributed by atoms with van der Waals surface area (Å²) in [5.41, 5.74) is 0.743. The molecule has 0 aliphatic rings. The van der Waals surface area contributed by atoms with Crippen molar-refractivity contribution in [2.24, 2.45) is 0 Å². The maximum absolute atomic E-state index is 13.3. The molecule has 32 heavy (non-hydrogen) atoms. The molecule has 0 atom stereocenters. The highest BCUT2D eigenvalue weighted by molar-refractivity contribution is 7.22. The zero-order valence-corrected chi connectivity index (χ0v) is 18.2. The molecule has 0 fully saturated rings. The third-order valence-corrected chi connectivity index (χ3v) is 6.16. The number of benzene rings is 2. The fraction of sp³-hybridized carbons (Fsp3) is 0.217. The van der Waals surface area contributed by atoms with Crippen molar-refractivity contribution in [3.05, 3.63) is 81.9 Å². The van der Waals surface area contributed by atoms with Gasteiger partial charge in [-0.25, -0.2) is 4.98 Å². The lowest BCUT2D eigenvalue weighted by molar-refractivity contribution is -0.138. The van der Waals surface area contributed by atoms with E-state index in [0.29, 0.717) is 16.0 Å². The van der Waals surface area contributed by atoms with E-state index in [1.165, 1.54) is 23.5 Å². The Morgan fingerprint density at radius 2 is 1.81 bits per heavy atom. The van der Waals surface area contributed by atoms with Crippen LogP contribution >= 0.6 is 11.3 Å². The molecule has 0 amide bonds. The molecular formula is C23H20F3N3O2S. The van der Waals surface area contributed by atoms with Crippen LogP contribution in [0.25, 0.3) is 20.7 Å². The van der Waals surface area contributed by atoms with Crippen molar-refractivity contribution in [3.63, 3.8) is 0 Å². The number of H-pyrrole nitrogens is 1. The predicted octanol–water partition coefficient (Wildman–Crippen LogP) is 5.31. The number of nitrogens with zero attached hydrogens (tertiary/aromatic N) is 2. The van der Waals surface area contributed by atoms with Crippen LogP contribution in [-0.2, 0) is 19.3 Å². The van der Waals surface area contributed by atoms with E-state index in [0.717, 1.165) is 22.3 Å². The summed E-state index contributed by atoms with van der Waals surface area (Å²) in [5, 5.41) is 0. The molecule has 0 aliphatic heterocycles. The lowest BCUT2D eigenvalue weighted by atomic mass is 10.1. The molecule has 166 valence electrons. The topological polar surface area (TPSA) is 58.2 Å². The third kappa shape index (κ3) is 4.68. The van der Waals surface area contributed by atoms with E-state index < -0.39 is 11.7 Å². The first-order valence-electron chi connectivity index (χ1n) is 9.75. The normalized spacial score (nSPS) is 11.9. The van der Waals surface area contributed by atoms with Gasteiger partial charge in [-0.1, -0.05) is 18.2 Å². The van der Waals surface area contributed by atoms with E-state index >= 15 is 0 Å². The average Bonchev–Trinajstić information content (AvgIpc) is 3.18. The van der Waals surface area contributed by atoms with Crippen molar-refractivity contribution < 1.29 is 17.9 Å². The largest absolute Gasteiger partial charge is 0.497 e. The van der Waals surface area contributed by atoms with Crippen molar-refractivity contribution in [1.29, 1.82) is 0 Å². The number of aromatic amines is 1. The molecule has 0 aliphatic carbocycles. The minimum absolute atomic E-state index is 0.0676. The molecule has 0 saturated heterocycles. The van der Waals surface area contributed by atoms with Crippen molar-refractivity contribution in [1.82, 2.24) is 14.9 Å². The maximum atomic E-state index is 13.3. The molecule has 0 saturated carbocycles. The number of ether oxygens (including phenoxy) is 1. The van der Waals surface area contributed by atoms with Crippen LogP contribution in [0, 0.1) is 0 Å².